The highest BCUT2D eigenvalue weighted by atomic mass is 19.3. The van der Waals surface area contributed by atoms with E-state index in [4.69, 9.17) is 0 Å². The standard InChI is InChI=1S/C40H58F4N8O4/c41-39(42)21-29(23-45)51(27-39)31(53)25-49-37-13-7-35(8-14-37,9-15-37)33(55)47-19-5-3-1-2-4-6-20-48-34(56)36-10-16-38(17-11-36,18-12-36)50-26-32(54)52-28-40(43,44)22-30(52)24-46/h29-30,49-50H,1-22,25-28H2,(H,47,55)(H,48,56)/t29-,30-,35?,36?,37?,38?/m0/s1. The Bertz CT molecular complexity index is 1420. The number of halogens is 4. The van der Waals surface area contributed by atoms with Gasteiger partial charge in [-0.2, -0.15) is 10.5 Å². The average Bonchev–Trinajstić information content (AvgIpc) is 3.71. The van der Waals surface area contributed by atoms with Gasteiger partial charge in [0, 0.05) is 47.8 Å². The molecule has 2 saturated heterocycles. The van der Waals surface area contributed by atoms with E-state index >= 15 is 0 Å². The highest BCUT2D eigenvalue weighted by molar-refractivity contribution is 5.84. The molecule has 0 radical (unpaired) electrons. The summed E-state index contributed by atoms with van der Waals surface area (Å²) in [6.07, 6.45) is 13.4. The van der Waals surface area contributed by atoms with Crippen LogP contribution in [0, 0.1) is 33.5 Å². The van der Waals surface area contributed by atoms with Crippen molar-refractivity contribution in [1.82, 2.24) is 31.1 Å². The summed E-state index contributed by atoms with van der Waals surface area (Å²) in [7, 11) is 0. The van der Waals surface area contributed by atoms with Gasteiger partial charge in [0.15, 0.2) is 0 Å². The first-order valence-corrected chi connectivity index (χ1v) is 20.8. The molecule has 8 fully saturated rings. The first-order chi connectivity index (χ1) is 26.6. The second kappa shape index (κ2) is 16.8. The molecule has 8 rings (SSSR count). The molecule has 56 heavy (non-hydrogen) atoms. The molecule has 4 N–H and O–H groups in total. The number of unbranched alkanes of at least 4 members (excludes halogenated alkanes) is 5. The number of carbonyl (C=O) groups is 4. The molecule has 16 heteroatoms. The Balaban J connectivity index is 0.784. The summed E-state index contributed by atoms with van der Waals surface area (Å²) < 4.78 is 55.2. The Labute approximate surface area is 327 Å². The molecule has 2 atom stereocenters. The Kier molecular flexibility index (Phi) is 12.6. The van der Waals surface area contributed by atoms with Crippen molar-refractivity contribution >= 4 is 23.6 Å². The summed E-state index contributed by atoms with van der Waals surface area (Å²) in [4.78, 5) is 53.9. The van der Waals surface area contributed by atoms with Crippen LogP contribution in [-0.4, -0.2) is 108 Å². The van der Waals surface area contributed by atoms with Gasteiger partial charge in [-0.05, 0) is 89.9 Å². The minimum absolute atomic E-state index is 0.0848. The molecule has 6 saturated carbocycles. The van der Waals surface area contributed by atoms with Crippen LogP contribution in [0.4, 0.5) is 17.6 Å². The van der Waals surface area contributed by atoms with E-state index in [1.54, 1.807) is 0 Å². The third-order valence-corrected chi connectivity index (χ3v) is 14.3. The van der Waals surface area contributed by atoms with Crippen molar-refractivity contribution in [2.45, 2.75) is 163 Å². The van der Waals surface area contributed by atoms with Crippen LogP contribution in [0.2, 0.25) is 0 Å². The average molecular weight is 791 g/mol. The molecule has 2 heterocycles. The number of nitriles is 2. The summed E-state index contributed by atoms with van der Waals surface area (Å²) >= 11 is 0. The first-order valence-electron chi connectivity index (χ1n) is 20.8. The Morgan fingerprint density at radius 1 is 0.536 bits per heavy atom. The van der Waals surface area contributed by atoms with E-state index in [1.807, 2.05) is 12.1 Å². The highest BCUT2D eigenvalue weighted by Crippen LogP contribution is 2.53. The van der Waals surface area contributed by atoms with Crippen LogP contribution in [0.1, 0.15) is 128 Å². The van der Waals surface area contributed by atoms with E-state index in [0.717, 1.165) is 125 Å². The molecule has 0 aromatic carbocycles. The van der Waals surface area contributed by atoms with Crippen molar-refractivity contribution in [3.05, 3.63) is 0 Å². The molecule has 12 nitrogen and oxygen atoms in total. The van der Waals surface area contributed by atoms with Crippen molar-refractivity contribution in [2.24, 2.45) is 10.8 Å². The topological polar surface area (TPSA) is 170 Å². The summed E-state index contributed by atoms with van der Waals surface area (Å²) in [6, 6.07) is 1.44. The number of carbonyl (C=O) groups excluding carboxylic acids is 4. The zero-order chi connectivity index (χ0) is 40.2. The number of rotatable bonds is 17. The van der Waals surface area contributed by atoms with Gasteiger partial charge in [-0.25, -0.2) is 17.6 Å². The van der Waals surface area contributed by atoms with Gasteiger partial charge < -0.3 is 31.1 Å². The van der Waals surface area contributed by atoms with E-state index < -0.39 is 72.5 Å². The molecule has 0 aromatic rings. The van der Waals surface area contributed by atoms with E-state index in [2.05, 4.69) is 21.3 Å². The summed E-state index contributed by atoms with van der Waals surface area (Å²) in [5.41, 5.74) is -1.34. The van der Waals surface area contributed by atoms with Crippen LogP contribution in [0.3, 0.4) is 0 Å². The number of nitrogens with zero attached hydrogens (tertiary/aromatic N) is 4. The lowest BCUT2D eigenvalue weighted by Crippen LogP contribution is -2.60. The number of hydrogen-bond acceptors (Lipinski definition) is 8. The zero-order valence-electron chi connectivity index (χ0n) is 32.5. The van der Waals surface area contributed by atoms with Crippen molar-refractivity contribution in [3.63, 3.8) is 0 Å². The fourth-order valence-corrected chi connectivity index (χ4v) is 10.4. The van der Waals surface area contributed by atoms with Crippen LogP contribution in [0.15, 0.2) is 0 Å². The van der Waals surface area contributed by atoms with Gasteiger partial charge in [-0.1, -0.05) is 25.7 Å². The number of fused-ring (bicyclic) bond motifs is 6. The van der Waals surface area contributed by atoms with E-state index in [-0.39, 0.29) is 36.0 Å². The molecule has 8 aliphatic rings. The maximum Gasteiger partial charge on any atom is 0.268 e. The van der Waals surface area contributed by atoms with Gasteiger partial charge >= 0.3 is 0 Å². The number of amides is 4. The fourth-order valence-electron chi connectivity index (χ4n) is 10.4. The third kappa shape index (κ3) is 9.28. The normalized spacial score (nSPS) is 33.8. The van der Waals surface area contributed by atoms with E-state index in [0.29, 0.717) is 13.1 Å². The van der Waals surface area contributed by atoms with Gasteiger partial charge in [0.25, 0.3) is 11.8 Å². The molecule has 0 unspecified atom stereocenters. The summed E-state index contributed by atoms with van der Waals surface area (Å²) in [6.45, 7) is -0.350. The fraction of sp³-hybridized carbons (Fsp3) is 0.850. The molecular weight excluding hydrogens is 732 g/mol. The molecular formula is C40H58F4N8O4. The molecule has 0 aromatic heterocycles. The third-order valence-electron chi connectivity index (χ3n) is 14.3. The number of likely N-dealkylation sites (tertiary alicyclic amines) is 2. The summed E-state index contributed by atoms with van der Waals surface area (Å²) in [5, 5.41) is 31.4. The van der Waals surface area contributed by atoms with Gasteiger partial charge in [0.1, 0.15) is 12.1 Å². The van der Waals surface area contributed by atoms with Gasteiger partial charge in [-0.15, -0.1) is 0 Å². The number of nitrogens with one attached hydrogen (secondary N) is 4. The minimum atomic E-state index is -3.04. The molecule has 4 amide bonds. The molecule has 2 aliphatic heterocycles. The summed E-state index contributed by atoms with van der Waals surface area (Å²) in [5.74, 6) is -6.84. The highest BCUT2D eigenvalue weighted by Gasteiger charge is 2.54. The quantitative estimate of drug-likeness (QED) is 0.124. The van der Waals surface area contributed by atoms with Crippen molar-refractivity contribution in [1.29, 1.82) is 10.5 Å². The maximum atomic E-state index is 13.8. The first kappa shape index (κ1) is 42.1. The van der Waals surface area contributed by atoms with Crippen LogP contribution < -0.4 is 21.3 Å². The minimum Gasteiger partial charge on any atom is -0.356 e. The second-order valence-corrected chi connectivity index (χ2v) is 17.9. The van der Waals surface area contributed by atoms with Crippen LogP contribution in [0.25, 0.3) is 0 Å². The SMILES string of the molecule is N#C[C@@H]1CC(F)(F)CN1C(=O)CNC12CCC(C(=O)NCCCCCCCCNC(=O)C34CCC(NCC(=O)N5CC(F)(F)C[C@H]5C#N)(CC3)CC4)(CC1)CC2. The van der Waals surface area contributed by atoms with Crippen molar-refractivity contribution in [2.75, 3.05) is 39.3 Å². The van der Waals surface area contributed by atoms with E-state index in [1.165, 1.54) is 0 Å². The predicted molar refractivity (Wildman–Crippen MR) is 197 cm³/mol. The molecule has 0 spiro atoms. The smallest absolute Gasteiger partial charge is 0.268 e. The molecule has 4 bridgehead atoms. The zero-order valence-corrected chi connectivity index (χ0v) is 32.5. The van der Waals surface area contributed by atoms with Crippen LogP contribution in [-0.2, 0) is 19.2 Å². The lowest BCUT2D eigenvalue weighted by Gasteiger charge is -2.53. The van der Waals surface area contributed by atoms with Gasteiger partial charge in [0.2, 0.25) is 23.6 Å². The Morgan fingerprint density at radius 3 is 1.18 bits per heavy atom. The largest absolute Gasteiger partial charge is 0.356 e. The molecule has 6 aliphatic carbocycles. The monoisotopic (exact) mass is 790 g/mol. The van der Waals surface area contributed by atoms with Crippen LogP contribution >= 0.6 is 0 Å². The lowest BCUT2D eigenvalue weighted by atomic mass is 9.57. The van der Waals surface area contributed by atoms with E-state index in [9.17, 15) is 47.3 Å². The predicted octanol–water partition coefficient (Wildman–Crippen LogP) is 4.44. The van der Waals surface area contributed by atoms with Gasteiger partial charge in [-0.3, -0.25) is 19.2 Å². The molecule has 310 valence electrons. The maximum absolute atomic E-state index is 13.8. The lowest BCUT2D eigenvalue weighted by molar-refractivity contribution is -0.140. The van der Waals surface area contributed by atoms with Crippen LogP contribution in [0.5, 0.6) is 0 Å². The Morgan fingerprint density at radius 2 is 0.857 bits per heavy atom. The van der Waals surface area contributed by atoms with Crippen molar-refractivity contribution < 1.29 is 36.7 Å². The number of alkyl halides is 4. The second-order valence-electron chi connectivity index (χ2n) is 17.9. The Hall–Kier alpha value is -3.50. The number of hydrogen-bond donors (Lipinski definition) is 4. The van der Waals surface area contributed by atoms with Crippen molar-refractivity contribution in [3.8, 4) is 12.1 Å². The van der Waals surface area contributed by atoms with Gasteiger partial charge in [0.05, 0.1) is 38.3 Å².